The summed E-state index contributed by atoms with van der Waals surface area (Å²) < 4.78 is 16.8. The Hall–Kier alpha value is -2.03. The summed E-state index contributed by atoms with van der Waals surface area (Å²) in [5.41, 5.74) is 1.38. The van der Waals surface area contributed by atoms with Gasteiger partial charge in [0.25, 0.3) is 0 Å². The number of H-pyrrole nitrogens is 1. The number of hydrogen-bond acceptors (Lipinski definition) is 6. The zero-order valence-corrected chi connectivity index (χ0v) is 17.9. The van der Waals surface area contributed by atoms with Crippen LogP contribution in [0.3, 0.4) is 0 Å². The van der Waals surface area contributed by atoms with Gasteiger partial charge in [-0.2, -0.15) is 0 Å². The molecule has 0 radical (unpaired) electrons. The highest BCUT2D eigenvalue weighted by atomic mass is 35.5. The van der Waals surface area contributed by atoms with E-state index in [2.05, 4.69) is 20.0 Å². The highest BCUT2D eigenvalue weighted by Gasteiger charge is 2.28. The van der Waals surface area contributed by atoms with Crippen molar-refractivity contribution in [2.24, 2.45) is 5.92 Å². The third-order valence-corrected chi connectivity index (χ3v) is 5.84. The third kappa shape index (κ3) is 4.66. The molecule has 2 unspecified atom stereocenters. The second kappa shape index (κ2) is 9.41. The molecule has 0 bridgehead atoms. The maximum absolute atomic E-state index is 11.4. The van der Waals surface area contributed by atoms with Crippen molar-refractivity contribution in [3.63, 3.8) is 0 Å². The summed E-state index contributed by atoms with van der Waals surface area (Å²) >= 11 is 18.6. The van der Waals surface area contributed by atoms with Gasteiger partial charge in [-0.25, -0.2) is 4.79 Å². The van der Waals surface area contributed by atoms with Crippen LogP contribution in [0.15, 0.2) is 45.7 Å². The number of nitrogens with one attached hydrogen (secondary N) is 2. The molecule has 0 spiro atoms. The quantitative estimate of drug-likeness (QED) is 0.576. The largest absolute Gasteiger partial charge is 0.492 e. The molecule has 2 atom stereocenters. The average molecular weight is 471 g/mol. The van der Waals surface area contributed by atoms with Crippen molar-refractivity contribution >= 4 is 34.8 Å². The van der Waals surface area contributed by atoms with Gasteiger partial charge >= 0.3 is 5.76 Å². The number of benzene rings is 2. The number of aromatic nitrogens is 2. The lowest BCUT2D eigenvalue weighted by molar-refractivity contribution is 0.0154. The van der Waals surface area contributed by atoms with Crippen LogP contribution in [0.1, 0.15) is 11.7 Å². The summed E-state index contributed by atoms with van der Waals surface area (Å²) in [6, 6.07) is 10.7. The van der Waals surface area contributed by atoms with Crippen molar-refractivity contribution in [3.8, 4) is 17.1 Å². The molecular weight excluding hydrogens is 453 g/mol. The van der Waals surface area contributed by atoms with E-state index >= 15 is 0 Å². The van der Waals surface area contributed by atoms with E-state index in [9.17, 15) is 4.79 Å². The molecule has 2 aromatic carbocycles. The van der Waals surface area contributed by atoms with E-state index in [1.165, 1.54) is 0 Å². The van der Waals surface area contributed by atoms with Gasteiger partial charge in [-0.05, 0) is 29.8 Å². The van der Waals surface area contributed by atoms with Gasteiger partial charge in [-0.1, -0.05) is 52.1 Å². The molecule has 2 N–H and O–H groups in total. The van der Waals surface area contributed by atoms with Crippen LogP contribution in [0.25, 0.3) is 11.4 Å². The van der Waals surface area contributed by atoms with Crippen LogP contribution in [0, 0.1) is 5.92 Å². The molecule has 10 heteroatoms. The number of rotatable bonds is 5. The molecule has 1 fully saturated rings. The summed E-state index contributed by atoms with van der Waals surface area (Å²) in [5, 5.41) is 8.43. The Balaban J connectivity index is 1.59. The fourth-order valence-corrected chi connectivity index (χ4v) is 3.94. The number of halogens is 3. The Kier molecular flexibility index (Phi) is 6.65. The Morgan fingerprint density at radius 3 is 2.77 bits per heavy atom. The van der Waals surface area contributed by atoms with Crippen LogP contribution >= 0.6 is 34.8 Å². The second-order valence-electron chi connectivity index (χ2n) is 6.80. The van der Waals surface area contributed by atoms with E-state index in [1.807, 2.05) is 12.1 Å². The molecule has 1 aliphatic rings. The fraction of sp³-hybridized carbons (Fsp3) is 0.300. The Bertz CT molecular complexity index is 1090. The van der Waals surface area contributed by atoms with Crippen LogP contribution in [0.5, 0.6) is 5.75 Å². The predicted molar refractivity (Wildman–Crippen MR) is 115 cm³/mol. The van der Waals surface area contributed by atoms with Gasteiger partial charge in [-0.3, -0.25) is 9.51 Å². The maximum Gasteiger partial charge on any atom is 0.439 e. The third-order valence-electron chi connectivity index (χ3n) is 4.79. The summed E-state index contributed by atoms with van der Waals surface area (Å²) in [7, 11) is 0. The number of aromatic amines is 1. The molecule has 1 aliphatic heterocycles. The van der Waals surface area contributed by atoms with Crippen molar-refractivity contribution in [3.05, 3.63) is 67.6 Å². The fourth-order valence-electron chi connectivity index (χ4n) is 3.38. The molecule has 2 heterocycles. The van der Waals surface area contributed by atoms with Crippen molar-refractivity contribution in [1.82, 2.24) is 15.5 Å². The molecule has 7 nitrogen and oxygen atoms in total. The van der Waals surface area contributed by atoms with Crippen LogP contribution < -0.4 is 15.8 Å². The normalized spacial score (nSPS) is 19.4. The van der Waals surface area contributed by atoms with E-state index in [0.29, 0.717) is 46.1 Å². The van der Waals surface area contributed by atoms with Crippen LogP contribution in [-0.4, -0.2) is 36.4 Å². The molecule has 0 saturated carbocycles. The van der Waals surface area contributed by atoms with Crippen molar-refractivity contribution in [2.45, 2.75) is 6.10 Å². The topological polar surface area (TPSA) is 89.4 Å². The molecular formula is C20H18Cl3N3O4. The Morgan fingerprint density at radius 1 is 1.13 bits per heavy atom. The second-order valence-corrected chi connectivity index (χ2v) is 8.02. The molecule has 158 valence electrons. The van der Waals surface area contributed by atoms with E-state index in [1.54, 1.807) is 24.3 Å². The molecule has 0 amide bonds. The first-order chi connectivity index (χ1) is 14.5. The predicted octanol–water partition coefficient (Wildman–Crippen LogP) is 4.35. The van der Waals surface area contributed by atoms with E-state index in [0.717, 1.165) is 12.1 Å². The highest BCUT2D eigenvalue weighted by molar-refractivity contribution is 6.42. The first-order valence-electron chi connectivity index (χ1n) is 9.28. The lowest BCUT2D eigenvalue weighted by Gasteiger charge is -2.26. The number of nitrogens with zero attached hydrogens (tertiary/aromatic N) is 1. The smallest absolute Gasteiger partial charge is 0.439 e. The van der Waals surface area contributed by atoms with Gasteiger partial charge in [0, 0.05) is 19.0 Å². The molecule has 1 aromatic heterocycles. The monoisotopic (exact) mass is 469 g/mol. The molecule has 0 aliphatic carbocycles. The molecule has 3 aromatic rings. The summed E-state index contributed by atoms with van der Waals surface area (Å²) in [4.78, 5) is 13.9. The first-order valence-corrected chi connectivity index (χ1v) is 10.4. The lowest BCUT2D eigenvalue weighted by Crippen LogP contribution is -2.29. The number of hydrogen-bond donors (Lipinski definition) is 2. The van der Waals surface area contributed by atoms with Gasteiger partial charge < -0.3 is 14.8 Å². The van der Waals surface area contributed by atoms with Gasteiger partial charge in [0.15, 0.2) is 5.82 Å². The van der Waals surface area contributed by atoms with Crippen molar-refractivity contribution in [1.29, 1.82) is 0 Å². The van der Waals surface area contributed by atoms with E-state index in [-0.39, 0.29) is 17.8 Å². The highest BCUT2D eigenvalue weighted by Crippen LogP contribution is 2.36. The van der Waals surface area contributed by atoms with Gasteiger partial charge in [0.2, 0.25) is 0 Å². The SMILES string of the molecule is O=c1[nH]c(-c2c(Cl)cccc2OCC2CNCCOC2c2ccc(Cl)c(Cl)c2)no1. The summed E-state index contributed by atoms with van der Waals surface area (Å²) in [5.74, 6) is -0.00842. The average Bonchev–Trinajstić information content (AvgIpc) is 3.01. The van der Waals surface area contributed by atoms with Crippen molar-refractivity contribution < 1.29 is 14.0 Å². The van der Waals surface area contributed by atoms with Crippen LogP contribution in [-0.2, 0) is 4.74 Å². The Labute approximate surface area is 187 Å². The van der Waals surface area contributed by atoms with Crippen LogP contribution in [0.4, 0.5) is 0 Å². The summed E-state index contributed by atoms with van der Waals surface area (Å²) in [6.07, 6.45) is -0.232. The molecule has 4 rings (SSSR count). The lowest BCUT2D eigenvalue weighted by atomic mass is 9.96. The molecule has 30 heavy (non-hydrogen) atoms. The minimum absolute atomic E-state index is 0.0204. The minimum Gasteiger partial charge on any atom is -0.492 e. The standard InChI is InChI=1S/C20H18Cl3N3O4/c21-13-5-4-11(8-15(13)23)18-12(9-24-6-7-28-18)10-29-16-3-1-2-14(22)17(16)19-25-20(27)30-26-19/h1-5,8,12,18,24H,6-7,9-10H2,(H,25,26,27). The van der Waals surface area contributed by atoms with Gasteiger partial charge in [0.05, 0.1) is 39.9 Å². The Morgan fingerprint density at radius 2 is 2.00 bits per heavy atom. The van der Waals surface area contributed by atoms with E-state index < -0.39 is 5.76 Å². The van der Waals surface area contributed by atoms with Gasteiger partial charge in [-0.15, -0.1) is 0 Å². The first kappa shape index (κ1) is 21.2. The minimum atomic E-state index is -0.670. The maximum atomic E-state index is 11.4. The molecule has 1 saturated heterocycles. The zero-order chi connectivity index (χ0) is 21.1. The number of ether oxygens (including phenoxy) is 2. The summed E-state index contributed by atoms with van der Waals surface area (Å²) in [6.45, 7) is 2.30. The zero-order valence-electron chi connectivity index (χ0n) is 15.7. The van der Waals surface area contributed by atoms with Gasteiger partial charge in [0.1, 0.15) is 5.75 Å². The van der Waals surface area contributed by atoms with E-state index in [4.69, 9.17) is 44.3 Å². The van der Waals surface area contributed by atoms with Crippen molar-refractivity contribution in [2.75, 3.05) is 26.3 Å². The van der Waals surface area contributed by atoms with Crippen LogP contribution in [0.2, 0.25) is 15.1 Å².